The van der Waals surface area contributed by atoms with Crippen LogP contribution in [0.15, 0.2) is 0 Å². The highest BCUT2D eigenvalue weighted by Gasteiger charge is 2.33. The maximum Gasteiger partial charge on any atom is -0.000778 e. The van der Waals surface area contributed by atoms with Crippen LogP contribution in [0.4, 0.5) is 0 Å². The fraction of sp³-hybridized carbons (Fsp3) is 0.429. The summed E-state index contributed by atoms with van der Waals surface area (Å²) in [7, 11) is 0. The third-order valence-electron chi connectivity index (χ3n) is 24.9. The summed E-state index contributed by atoms with van der Waals surface area (Å²) in [4.78, 5) is 0. The fourth-order valence-corrected chi connectivity index (χ4v) is 16.3. The molecule has 0 nitrogen and oxygen atoms in total. The van der Waals surface area contributed by atoms with Gasteiger partial charge in [-0.3, -0.25) is 0 Å². The zero-order valence-electron chi connectivity index (χ0n) is 58.8. The number of hydrogen-bond donors (Lipinski definition) is 0. The first-order chi connectivity index (χ1) is 39.1. The molecule has 8 aromatic rings. The van der Waals surface area contributed by atoms with E-state index in [-0.39, 0.29) is 0 Å². The summed E-state index contributed by atoms with van der Waals surface area (Å²) < 4.78 is 0. The minimum atomic E-state index is 1.12. The Balaban J connectivity index is 0.000000134. The Bertz CT molecular complexity index is 3430. The van der Waals surface area contributed by atoms with E-state index >= 15 is 0 Å². The van der Waals surface area contributed by atoms with Gasteiger partial charge in [0.25, 0.3) is 0 Å². The quantitative estimate of drug-likeness (QED) is 0.142. The number of rotatable bonds is 0. The van der Waals surface area contributed by atoms with Gasteiger partial charge in [-0.05, 0) is 514 Å². The average molecular weight is 1110 g/mol. The molecule has 4 aliphatic rings. The monoisotopic (exact) mass is 1110 g/mol. The molecule has 0 N–H and O–H groups in total. The van der Waals surface area contributed by atoms with Crippen molar-refractivity contribution in [1.29, 1.82) is 0 Å². The van der Waals surface area contributed by atoms with Crippen LogP contribution in [-0.2, 0) is 25.7 Å². The highest BCUT2D eigenvalue weighted by Crippen LogP contribution is 2.52. The maximum atomic E-state index is 2.31. The van der Waals surface area contributed by atoms with Crippen molar-refractivity contribution < 1.29 is 0 Å². The van der Waals surface area contributed by atoms with E-state index in [9.17, 15) is 0 Å². The third kappa shape index (κ3) is 8.93. The van der Waals surface area contributed by atoms with Gasteiger partial charge in [-0.2, -0.15) is 0 Å². The van der Waals surface area contributed by atoms with E-state index in [4.69, 9.17) is 0 Å². The summed E-state index contributed by atoms with van der Waals surface area (Å²) >= 11 is 0. The molecule has 0 unspecified atom stereocenters. The van der Waals surface area contributed by atoms with Crippen LogP contribution in [0.2, 0.25) is 0 Å². The molecule has 0 heterocycles. The zero-order valence-corrected chi connectivity index (χ0v) is 58.8. The van der Waals surface area contributed by atoms with E-state index in [2.05, 4.69) is 222 Å². The molecule has 0 saturated carbocycles. The van der Waals surface area contributed by atoms with Gasteiger partial charge in [0.15, 0.2) is 0 Å². The Morgan fingerprint density at radius 2 is 0.167 bits per heavy atom. The molecule has 0 heteroatoms. The molecule has 0 atom stereocenters. The molecule has 0 radical (unpaired) electrons. The standard InChI is InChI=1S/4C21H26/c4*1-10-12(3)16(7)20-18(14(10)5)9-19-15(6)11(2)13(4)17(8)21(19)20/h4*9H2,1-8H3. The van der Waals surface area contributed by atoms with E-state index in [0.717, 1.165) is 25.7 Å². The van der Waals surface area contributed by atoms with E-state index in [0.29, 0.717) is 0 Å². The van der Waals surface area contributed by atoms with Gasteiger partial charge in [0.2, 0.25) is 0 Å². The van der Waals surface area contributed by atoms with Crippen LogP contribution in [0.25, 0.3) is 44.5 Å². The van der Waals surface area contributed by atoms with Crippen LogP contribution in [0.1, 0.15) is 223 Å². The molecule has 0 bridgehead atoms. The molecule has 84 heavy (non-hydrogen) atoms. The number of fused-ring (bicyclic) bond motifs is 12. The Morgan fingerprint density at radius 3 is 0.250 bits per heavy atom. The van der Waals surface area contributed by atoms with Crippen molar-refractivity contribution in [2.75, 3.05) is 0 Å². The molecular formula is C84H104. The summed E-state index contributed by atoms with van der Waals surface area (Å²) in [6.45, 7) is 73.3. The van der Waals surface area contributed by atoms with E-state index in [1.165, 1.54) is 223 Å². The Labute approximate surface area is 511 Å². The lowest BCUT2D eigenvalue weighted by molar-refractivity contribution is 1.12. The highest BCUT2D eigenvalue weighted by molar-refractivity contribution is 5.90. The smallest absolute Gasteiger partial charge is 0.000778 e. The van der Waals surface area contributed by atoms with Crippen LogP contribution in [-0.4, -0.2) is 0 Å². The lowest BCUT2D eigenvalue weighted by Crippen LogP contribution is -1.99. The Morgan fingerprint density at radius 1 is 0.0952 bits per heavy atom. The largest absolute Gasteiger partial charge is 0.0447 e. The van der Waals surface area contributed by atoms with Crippen LogP contribution in [0.5, 0.6) is 0 Å². The Kier molecular flexibility index (Phi) is 16.3. The van der Waals surface area contributed by atoms with Gasteiger partial charge in [-0.25, -0.2) is 0 Å². The van der Waals surface area contributed by atoms with E-state index < -0.39 is 0 Å². The molecule has 0 amide bonds. The van der Waals surface area contributed by atoms with Crippen molar-refractivity contribution in [2.24, 2.45) is 0 Å². The molecular weight excluding hydrogens is 1010 g/mol. The lowest BCUT2D eigenvalue weighted by atomic mass is 9.86. The van der Waals surface area contributed by atoms with Gasteiger partial charge in [-0.1, -0.05) is 0 Å². The minimum absolute atomic E-state index is 1.12. The molecule has 0 fully saturated rings. The summed E-state index contributed by atoms with van der Waals surface area (Å²) in [6.07, 6.45) is 4.47. The zero-order chi connectivity index (χ0) is 62.5. The first-order valence-electron chi connectivity index (χ1n) is 31.8. The first kappa shape index (κ1) is 62.3. The summed E-state index contributed by atoms with van der Waals surface area (Å²) in [5.74, 6) is 0. The second-order valence-corrected chi connectivity index (χ2v) is 27.5. The van der Waals surface area contributed by atoms with E-state index in [1.54, 1.807) is 44.5 Å². The summed E-state index contributed by atoms with van der Waals surface area (Å²) in [5, 5.41) is 0. The van der Waals surface area contributed by atoms with Gasteiger partial charge < -0.3 is 0 Å². The highest BCUT2D eigenvalue weighted by atomic mass is 14.4. The molecule has 0 saturated heterocycles. The van der Waals surface area contributed by atoms with Gasteiger partial charge in [0, 0.05) is 0 Å². The van der Waals surface area contributed by atoms with Gasteiger partial charge >= 0.3 is 0 Å². The predicted molar refractivity (Wildman–Crippen MR) is 370 cm³/mol. The van der Waals surface area contributed by atoms with Crippen molar-refractivity contribution in [2.45, 2.75) is 247 Å². The molecule has 8 aromatic carbocycles. The summed E-state index contributed by atoms with van der Waals surface area (Å²) in [6, 6.07) is 0. The Hall–Kier alpha value is -6.24. The SMILES string of the molecule is Cc1c(C)c(C)c2c(c1C)Cc1c(C)c(C)c(C)c(C)c1-2.Cc1c(C)c(C)c2c(c1C)Cc1c(C)c(C)c(C)c(C)c1-2.Cc1c(C)c(C)c2c(c1C)Cc1c(C)c(C)c(C)c(C)c1-2.Cc1c(C)c(C)c2c(c1C)Cc1c(C)c(C)c(C)c(C)c1-2. The maximum absolute atomic E-state index is 2.31. The van der Waals surface area contributed by atoms with Crippen LogP contribution in [0, 0.1) is 222 Å². The molecule has 4 aliphatic carbocycles. The second kappa shape index (κ2) is 21.9. The van der Waals surface area contributed by atoms with Crippen LogP contribution >= 0.6 is 0 Å². The first-order valence-corrected chi connectivity index (χ1v) is 31.8. The van der Waals surface area contributed by atoms with Crippen molar-refractivity contribution in [3.63, 3.8) is 0 Å². The minimum Gasteiger partial charge on any atom is -0.0447 e. The van der Waals surface area contributed by atoms with Crippen molar-refractivity contribution in [3.8, 4) is 44.5 Å². The molecule has 0 aromatic heterocycles. The summed E-state index contributed by atoms with van der Waals surface area (Å²) in [5.41, 5.74) is 72.3. The normalized spacial score (nSPS) is 12.6. The van der Waals surface area contributed by atoms with Crippen molar-refractivity contribution in [3.05, 3.63) is 223 Å². The second-order valence-electron chi connectivity index (χ2n) is 27.5. The topological polar surface area (TPSA) is 0 Å². The number of benzene rings is 8. The molecule has 440 valence electrons. The van der Waals surface area contributed by atoms with Gasteiger partial charge in [0.1, 0.15) is 0 Å². The predicted octanol–water partition coefficient (Wildman–Crippen LogP) is 22.9. The van der Waals surface area contributed by atoms with Crippen LogP contribution in [0.3, 0.4) is 0 Å². The van der Waals surface area contributed by atoms with Crippen molar-refractivity contribution >= 4 is 0 Å². The van der Waals surface area contributed by atoms with Gasteiger partial charge in [0.05, 0.1) is 0 Å². The third-order valence-corrected chi connectivity index (χ3v) is 24.9. The fourth-order valence-electron chi connectivity index (χ4n) is 16.3. The lowest BCUT2D eigenvalue weighted by Gasteiger charge is -2.19. The van der Waals surface area contributed by atoms with E-state index in [1.807, 2.05) is 0 Å². The van der Waals surface area contributed by atoms with Gasteiger partial charge in [-0.15, -0.1) is 0 Å². The average Bonchev–Trinajstić information content (AvgIpc) is 1.81. The van der Waals surface area contributed by atoms with Crippen molar-refractivity contribution in [1.82, 2.24) is 0 Å². The molecule has 0 spiro atoms. The van der Waals surface area contributed by atoms with Crippen LogP contribution < -0.4 is 0 Å². The molecule has 12 rings (SSSR count). The molecule has 0 aliphatic heterocycles. The number of hydrogen-bond acceptors (Lipinski definition) is 0.